The molecule has 18 heteroatoms. The van der Waals surface area contributed by atoms with Crippen molar-refractivity contribution in [1.82, 2.24) is 4.90 Å². The topological polar surface area (TPSA) is 235 Å². The van der Waals surface area contributed by atoms with Crippen LogP contribution in [0.1, 0.15) is 62.0 Å². The number of carbonyl (C=O) groups is 1. The van der Waals surface area contributed by atoms with Crippen molar-refractivity contribution in [3.63, 3.8) is 0 Å². The van der Waals surface area contributed by atoms with E-state index in [4.69, 9.17) is 33.7 Å². The van der Waals surface area contributed by atoms with Gasteiger partial charge in [0.1, 0.15) is 29.9 Å². The Bertz CT molecular complexity index is 2150. The zero-order valence-electron chi connectivity index (χ0n) is 35.8. The fourth-order valence-electron chi connectivity index (χ4n) is 9.23. The van der Waals surface area contributed by atoms with E-state index < -0.39 is 39.6 Å². The molecule has 6 atom stereocenters. The van der Waals surface area contributed by atoms with E-state index in [1.807, 2.05) is 6.07 Å². The molecule has 3 aliphatic rings. The van der Waals surface area contributed by atoms with Crippen LogP contribution < -0.4 is 9.47 Å². The van der Waals surface area contributed by atoms with Crippen LogP contribution in [0.2, 0.25) is 0 Å². The number of carbonyl (C=O) groups excluding carboxylic acids is 1. The number of fused-ring (bicyclic) bond motifs is 2. The Kier molecular flexibility index (Phi) is 16.8. The molecule has 2 aliphatic carbocycles. The van der Waals surface area contributed by atoms with Gasteiger partial charge in [-0.3, -0.25) is 25.1 Å². The van der Waals surface area contributed by atoms with Crippen molar-refractivity contribution in [3.05, 3.63) is 122 Å². The SMILES string of the molecule is C=CCOC12Oc3ccc(Oc4cccc([N+](=O)[O-])c4)cc3C3C(CCCCO)C(CCCCO)C=C(C(=NOCc4ccc([N+](=O)[O-])cc4)CC1N(CCOCCO)C(=O)OC)C32. The number of nitrogens with zero attached hydrogens (tertiary/aromatic N) is 4. The predicted molar refractivity (Wildman–Crippen MR) is 233 cm³/mol. The van der Waals surface area contributed by atoms with Crippen molar-refractivity contribution in [1.29, 1.82) is 0 Å². The largest absolute Gasteiger partial charge is 0.459 e. The molecule has 6 unspecified atom stereocenters. The number of unbranched alkanes of at least 4 members (excludes halogenated alkanes) is 2. The molecule has 3 N–H and O–H groups in total. The number of benzene rings is 3. The van der Waals surface area contributed by atoms with Gasteiger partial charge < -0.3 is 43.8 Å². The maximum absolute atomic E-state index is 14.0. The van der Waals surface area contributed by atoms with E-state index in [-0.39, 0.29) is 88.2 Å². The van der Waals surface area contributed by atoms with Crippen molar-refractivity contribution < 1.29 is 58.5 Å². The van der Waals surface area contributed by atoms with E-state index in [0.29, 0.717) is 61.3 Å². The Hall–Kier alpha value is -5.92. The van der Waals surface area contributed by atoms with Crippen molar-refractivity contribution in [3.8, 4) is 17.2 Å². The van der Waals surface area contributed by atoms with Crippen LogP contribution in [0.4, 0.5) is 16.2 Å². The standard InChI is InChI=1S/C46H56N4O14/c1-3-23-61-46-42(48(45(54)59-2)19-24-60-25-22-53)29-40(47-62-30-31-13-15-33(16-14-31)49(55)56)38-26-32(9-4-6-20-51)37(12-5-7-21-52)43(44(38)46)39-28-36(17-18-41(39)64-46)63-35-11-8-10-34(27-35)50(57)58/h3,8,10-11,13-18,26-28,32,37,42-44,51-53H,1,4-7,9,12,19-25,29-30H2,2H3. The van der Waals surface area contributed by atoms with Crippen LogP contribution in [-0.2, 0) is 25.7 Å². The van der Waals surface area contributed by atoms with Gasteiger partial charge >= 0.3 is 6.09 Å². The lowest BCUT2D eigenvalue weighted by atomic mass is 9.55. The first-order valence-electron chi connectivity index (χ1n) is 21.5. The monoisotopic (exact) mass is 888 g/mol. The average molecular weight is 889 g/mol. The summed E-state index contributed by atoms with van der Waals surface area (Å²) in [5, 5.41) is 57.0. The molecular weight excluding hydrogens is 833 g/mol. The van der Waals surface area contributed by atoms with Gasteiger partial charge in [0, 0.05) is 55.9 Å². The van der Waals surface area contributed by atoms with Crippen LogP contribution in [0.25, 0.3) is 0 Å². The molecule has 0 saturated heterocycles. The number of oxime groups is 1. The summed E-state index contributed by atoms with van der Waals surface area (Å²) in [5.74, 6) is -1.76. The highest BCUT2D eigenvalue weighted by molar-refractivity contribution is 6.03. The molecular formula is C46H56N4O14. The van der Waals surface area contributed by atoms with Gasteiger partial charge in [-0.05, 0) is 85.1 Å². The lowest BCUT2D eigenvalue weighted by molar-refractivity contribution is -0.385. The minimum atomic E-state index is -1.60. The highest BCUT2D eigenvalue weighted by Crippen LogP contribution is 2.62. The second-order valence-electron chi connectivity index (χ2n) is 15.8. The minimum Gasteiger partial charge on any atom is -0.459 e. The predicted octanol–water partition coefficient (Wildman–Crippen LogP) is 7.21. The van der Waals surface area contributed by atoms with Crippen LogP contribution in [0.15, 0.2) is 96.2 Å². The number of methoxy groups -OCH3 is 1. The molecule has 0 spiro atoms. The van der Waals surface area contributed by atoms with Crippen LogP contribution in [0.3, 0.4) is 0 Å². The number of allylic oxidation sites excluding steroid dienone is 1. The number of non-ortho nitro benzene ring substituents is 2. The minimum absolute atomic E-state index is 0.00177. The van der Waals surface area contributed by atoms with Gasteiger partial charge in [0.15, 0.2) is 0 Å². The van der Waals surface area contributed by atoms with E-state index in [9.17, 15) is 40.3 Å². The molecule has 6 rings (SSSR count). The quantitative estimate of drug-likeness (QED) is 0.0349. The van der Waals surface area contributed by atoms with Crippen LogP contribution in [-0.4, -0.2) is 107 Å². The van der Waals surface area contributed by atoms with E-state index in [1.165, 1.54) is 36.3 Å². The van der Waals surface area contributed by atoms with Crippen molar-refractivity contribution in [2.75, 3.05) is 53.3 Å². The van der Waals surface area contributed by atoms with Gasteiger partial charge in [0.2, 0.25) is 5.79 Å². The molecule has 3 aromatic carbocycles. The molecule has 0 bridgehead atoms. The van der Waals surface area contributed by atoms with E-state index in [2.05, 4.69) is 12.7 Å². The highest BCUT2D eigenvalue weighted by atomic mass is 16.7. The maximum atomic E-state index is 14.0. The van der Waals surface area contributed by atoms with E-state index >= 15 is 0 Å². The van der Waals surface area contributed by atoms with Gasteiger partial charge in [-0.15, -0.1) is 6.58 Å². The first-order chi connectivity index (χ1) is 31.1. The van der Waals surface area contributed by atoms with Gasteiger partial charge in [0.05, 0.1) is 61.1 Å². The summed E-state index contributed by atoms with van der Waals surface area (Å²) in [6.45, 7) is 3.83. The van der Waals surface area contributed by atoms with Crippen molar-refractivity contribution in [2.45, 2.75) is 69.3 Å². The zero-order chi connectivity index (χ0) is 45.6. The van der Waals surface area contributed by atoms with E-state index in [0.717, 1.165) is 11.1 Å². The van der Waals surface area contributed by atoms with Gasteiger partial charge in [-0.25, -0.2) is 4.79 Å². The number of nitro groups is 2. The molecule has 1 saturated carbocycles. The van der Waals surface area contributed by atoms with Crippen LogP contribution in [0.5, 0.6) is 17.2 Å². The van der Waals surface area contributed by atoms with Crippen LogP contribution >= 0.6 is 0 Å². The average Bonchev–Trinajstić information content (AvgIpc) is 3.30. The first kappa shape index (κ1) is 47.6. The Balaban J connectivity index is 1.56. The summed E-state index contributed by atoms with van der Waals surface area (Å²) in [5.41, 5.74) is 2.46. The summed E-state index contributed by atoms with van der Waals surface area (Å²) in [4.78, 5) is 43.5. The fraction of sp³-hybridized carbons (Fsp3) is 0.478. The third-order valence-electron chi connectivity index (χ3n) is 12.0. The number of aliphatic hydroxyl groups is 3. The Morgan fingerprint density at radius 3 is 2.36 bits per heavy atom. The summed E-state index contributed by atoms with van der Waals surface area (Å²) in [6, 6.07) is 16.3. The molecule has 1 amide bonds. The third kappa shape index (κ3) is 10.9. The Labute approximate surface area is 371 Å². The summed E-state index contributed by atoms with van der Waals surface area (Å²) in [6.07, 6.45) is 7.06. The maximum Gasteiger partial charge on any atom is 0.410 e. The smallest absolute Gasteiger partial charge is 0.410 e. The van der Waals surface area contributed by atoms with Gasteiger partial charge in [-0.2, -0.15) is 0 Å². The fourth-order valence-corrected chi connectivity index (χ4v) is 9.23. The molecule has 1 fully saturated rings. The summed E-state index contributed by atoms with van der Waals surface area (Å²) in [7, 11) is 1.27. The molecule has 0 aromatic heterocycles. The van der Waals surface area contributed by atoms with Gasteiger partial charge in [0.25, 0.3) is 11.4 Å². The van der Waals surface area contributed by atoms with Crippen LogP contribution in [0, 0.1) is 38.0 Å². The van der Waals surface area contributed by atoms with Gasteiger partial charge in [-0.1, -0.05) is 36.2 Å². The third-order valence-corrected chi connectivity index (χ3v) is 12.0. The summed E-state index contributed by atoms with van der Waals surface area (Å²) >= 11 is 0. The zero-order valence-corrected chi connectivity index (χ0v) is 35.8. The number of amides is 1. The molecule has 64 heavy (non-hydrogen) atoms. The molecule has 1 heterocycles. The number of hydrogen-bond donors (Lipinski definition) is 3. The number of nitro benzene ring substituents is 2. The first-order valence-corrected chi connectivity index (χ1v) is 21.5. The second kappa shape index (κ2) is 22.6. The number of ether oxygens (including phenoxy) is 5. The molecule has 1 aliphatic heterocycles. The number of rotatable bonds is 24. The van der Waals surface area contributed by atoms with Crippen molar-refractivity contribution in [2.24, 2.45) is 22.9 Å². The Morgan fingerprint density at radius 2 is 1.67 bits per heavy atom. The number of aliphatic hydroxyl groups excluding tert-OH is 3. The number of hydrogen-bond acceptors (Lipinski definition) is 15. The lowest BCUT2D eigenvalue weighted by Gasteiger charge is -2.59. The molecule has 0 radical (unpaired) electrons. The molecule has 344 valence electrons. The molecule has 3 aromatic rings. The molecule has 18 nitrogen and oxygen atoms in total. The van der Waals surface area contributed by atoms with E-state index in [1.54, 1.807) is 42.5 Å². The second-order valence-corrected chi connectivity index (χ2v) is 15.8. The lowest BCUT2D eigenvalue weighted by Crippen LogP contribution is -2.70. The normalized spacial score (nSPS) is 22.6. The van der Waals surface area contributed by atoms with Crippen molar-refractivity contribution >= 4 is 23.2 Å². The highest BCUT2D eigenvalue weighted by Gasteiger charge is 2.65. The summed E-state index contributed by atoms with van der Waals surface area (Å²) < 4.78 is 31.4. The Morgan fingerprint density at radius 1 is 0.938 bits per heavy atom.